The Kier molecular flexibility index (Phi) is 4.05. The van der Waals surface area contributed by atoms with E-state index in [1.165, 1.54) is 0 Å². The Morgan fingerprint density at radius 2 is 1.58 bits per heavy atom. The molecule has 3 aromatic rings. The van der Waals surface area contributed by atoms with Gasteiger partial charge in [0, 0.05) is 43.2 Å². The summed E-state index contributed by atoms with van der Waals surface area (Å²) < 4.78 is 6.11. The highest BCUT2D eigenvalue weighted by molar-refractivity contribution is 5.78. The SMILES string of the molecule is CN1CCN(/N=c2\cc(-c3ccccc3)oc3ccccc23)CC1. The number of fused-ring (bicyclic) bond motifs is 1. The predicted molar refractivity (Wildman–Crippen MR) is 96.3 cm³/mol. The summed E-state index contributed by atoms with van der Waals surface area (Å²) >= 11 is 0. The van der Waals surface area contributed by atoms with Gasteiger partial charge in [0.15, 0.2) is 0 Å². The fourth-order valence-corrected chi connectivity index (χ4v) is 2.99. The van der Waals surface area contributed by atoms with E-state index in [0.29, 0.717) is 0 Å². The Morgan fingerprint density at radius 1 is 0.875 bits per heavy atom. The standard InChI is InChI=1S/C20H21N3O/c1-22-11-13-23(14-12-22)21-18-15-20(16-7-3-2-4-8-16)24-19-10-6-5-9-17(18)19/h2-10,15H,11-14H2,1H3/b21-18+. The third-order valence-electron chi connectivity index (χ3n) is 4.44. The van der Waals surface area contributed by atoms with E-state index < -0.39 is 0 Å². The topological polar surface area (TPSA) is 32.0 Å². The molecule has 4 heteroatoms. The van der Waals surface area contributed by atoms with Gasteiger partial charge in [-0.1, -0.05) is 42.5 Å². The molecule has 0 aliphatic carbocycles. The first-order valence-electron chi connectivity index (χ1n) is 8.36. The largest absolute Gasteiger partial charge is 0.456 e. The Balaban J connectivity index is 1.84. The second-order valence-electron chi connectivity index (χ2n) is 6.22. The Labute approximate surface area is 141 Å². The van der Waals surface area contributed by atoms with Crippen molar-refractivity contribution in [3.05, 3.63) is 66.0 Å². The van der Waals surface area contributed by atoms with Crippen LogP contribution in [0.4, 0.5) is 0 Å². The monoisotopic (exact) mass is 319 g/mol. The molecule has 1 fully saturated rings. The number of nitrogens with zero attached hydrogens (tertiary/aromatic N) is 3. The van der Waals surface area contributed by atoms with E-state index in [1.54, 1.807) is 0 Å². The van der Waals surface area contributed by atoms with Crippen LogP contribution in [0.5, 0.6) is 0 Å². The zero-order chi connectivity index (χ0) is 16.4. The van der Waals surface area contributed by atoms with E-state index in [9.17, 15) is 0 Å². The van der Waals surface area contributed by atoms with Crippen LogP contribution < -0.4 is 5.36 Å². The van der Waals surface area contributed by atoms with Gasteiger partial charge in [0.05, 0.1) is 5.36 Å². The predicted octanol–water partition coefficient (Wildman–Crippen LogP) is 3.16. The first-order chi connectivity index (χ1) is 11.8. The van der Waals surface area contributed by atoms with Crippen molar-refractivity contribution in [2.75, 3.05) is 33.2 Å². The Hall–Kier alpha value is -2.59. The van der Waals surface area contributed by atoms with E-state index in [2.05, 4.69) is 41.2 Å². The lowest BCUT2D eigenvalue weighted by Gasteiger charge is -2.30. The maximum atomic E-state index is 6.11. The molecule has 1 aliphatic rings. The second kappa shape index (κ2) is 6.49. The summed E-state index contributed by atoms with van der Waals surface area (Å²) in [7, 11) is 2.15. The van der Waals surface area contributed by atoms with Gasteiger partial charge in [0.1, 0.15) is 11.3 Å². The number of hydrogen-bond acceptors (Lipinski definition) is 4. The minimum absolute atomic E-state index is 0.849. The number of benzene rings is 2. The molecule has 0 saturated carbocycles. The first kappa shape index (κ1) is 15.0. The fourth-order valence-electron chi connectivity index (χ4n) is 2.99. The van der Waals surface area contributed by atoms with Crippen molar-refractivity contribution in [1.82, 2.24) is 9.91 Å². The molecule has 0 N–H and O–H groups in total. The van der Waals surface area contributed by atoms with Crippen LogP contribution in [-0.4, -0.2) is 43.1 Å². The van der Waals surface area contributed by atoms with Crippen LogP contribution in [0.15, 0.2) is 70.2 Å². The van der Waals surface area contributed by atoms with Crippen molar-refractivity contribution in [2.24, 2.45) is 5.10 Å². The molecule has 122 valence electrons. The average molecular weight is 319 g/mol. The van der Waals surface area contributed by atoms with Gasteiger partial charge >= 0.3 is 0 Å². The van der Waals surface area contributed by atoms with E-state index in [1.807, 2.05) is 36.4 Å². The summed E-state index contributed by atoms with van der Waals surface area (Å²) in [6, 6.07) is 20.3. The van der Waals surface area contributed by atoms with Crippen LogP contribution >= 0.6 is 0 Å². The van der Waals surface area contributed by atoms with E-state index in [4.69, 9.17) is 9.52 Å². The molecule has 1 aliphatic heterocycles. The normalized spacial score (nSPS) is 16.7. The maximum absolute atomic E-state index is 6.11. The zero-order valence-corrected chi connectivity index (χ0v) is 13.9. The van der Waals surface area contributed by atoms with E-state index in [0.717, 1.165) is 53.8 Å². The molecular formula is C20H21N3O. The molecule has 1 saturated heterocycles. The van der Waals surface area contributed by atoms with Gasteiger partial charge in [-0.05, 0) is 19.2 Å². The van der Waals surface area contributed by atoms with Crippen LogP contribution in [0.25, 0.3) is 22.3 Å². The number of hydrogen-bond donors (Lipinski definition) is 0. The van der Waals surface area contributed by atoms with Gasteiger partial charge in [-0.3, -0.25) is 5.01 Å². The van der Waals surface area contributed by atoms with Gasteiger partial charge in [-0.2, -0.15) is 5.10 Å². The highest BCUT2D eigenvalue weighted by Gasteiger charge is 2.12. The van der Waals surface area contributed by atoms with Crippen LogP contribution in [0, 0.1) is 0 Å². The molecule has 2 aromatic carbocycles. The molecule has 4 rings (SSSR count). The fraction of sp³-hybridized carbons (Fsp3) is 0.250. The smallest absolute Gasteiger partial charge is 0.136 e. The molecule has 2 heterocycles. The average Bonchev–Trinajstić information content (AvgIpc) is 2.64. The first-order valence-corrected chi connectivity index (χ1v) is 8.36. The van der Waals surface area contributed by atoms with Crippen molar-refractivity contribution >= 4 is 11.0 Å². The summed E-state index contributed by atoms with van der Waals surface area (Å²) in [5.74, 6) is 0.849. The lowest BCUT2D eigenvalue weighted by Crippen LogP contribution is -2.42. The van der Waals surface area contributed by atoms with Crippen molar-refractivity contribution in [1.29, 1.82) is 0 Å². The molecule has 1 aromatic heterocycles. The molecule has 0 amide bonds. The zero-order valence-electron chi connectivity index (χ0n) is 13.9. The lowest BCUT2D eigenvalue weighted by molar-refractivity contribution is 0.154. The van der Waals surface area contributed by atoms with Crippen molar-refractivity contribution < 1.29 is 4.42 Å². The van der Waals surface area contributed by atoms with Gasteiger partial charge in [-0.25, -0.2) is 0 Å². The van der Waals surface area contributed by atoms with Crippen LogP contribution in [-0.2, 0) is 0 Å². The van der Waals surface area contributed by atoms with Crippen LogP contribution in [0.1, 0.15) is 0 Å². The highest BCUT2D eigenvalue weighted by Crippen LogP contribution is 2.21. The summed E-state index contributed by atoms with van der Waals surface area (Å²) in [4.78, 5) is 2.33. The minimum Gasteiger partial charge on any atom is -0.456 e. The summed E-state index contributed by atoms with van der Waals surface area (Å²) in [6.07, 6.45) is 0. The number of likely N-dealkylation sites (N-methyl/N-ethyl adjacent to an activating group) is 1. The second-order valence-corrected chi connectivity index (χ2v) is 6.22. The third-order valence-corrected chi connectivity index (χ3v) is 4.44. The molecule has 24 heavy (non-hydrogen) atoms. The van der Waals surface area contributed by atoms with E-state index >= 15 is 0 Å². The van der Waals surface area contributed by atoms with Gasteiger partial charge in [-0.15, -0.1) is 0 Å². The lowest BCUT2D eigenvalue weighted by atomic mass is 10.1. The molecule has 4 nitrogen and oxygen atoms in total. The van der Waals surface area contributed by atoms with E-state index in [-0.39, 0.29) is 0 Å². The summed E-state index contributed by atoms with van der Waals surface area (Å²) in [5, 5.41) is 9.10. The van der Waals surface area contributed by atoms with Gasteiger partial charge in [0.25, 0.3) is 0 Å². The third kappa shape index (κ3) is 3.05. The Morgan fingerprint density at radius 3 is 2.38 bits per heavy atom. The van der Waals surface area contributed by atoms with Crippen molar-refractivity contribution in [3.8, 4) is 11.3 Å². The number of piperazine rings is 1. The molecule has 0 radical (unpaired) electrons. The Bertz CT molecular complexity index is 893. The van der Waals surface area contributed by atoms with Gasteiger partial charge in [0.2, 0.25) is 0 Å². The molecule has 0 unspecified atom stereocenters. The summed E-state index contributed by atoms with van der Waals surface area (Å²) in [6.45, 7) is 4.00. The number of rotatable bonds is 2. The molecule has 0 atom stereocenters. The maximum Gasteiger partial charge on any atom is 0.136 e. The molecule has 0 spiro atoms. The van der Waals surface area contributed by atoms with Gasteiger partial charge < -0.3 is 9.32 Å². The highest BCUT2D eigenvalue weighted by atomic mass is 16.3. The number of para-hydroxylation sites is 1. The van der Waals surface area contributed by atoms with Crippen molar-refractivity contribution in [3.63, 3.8) is 0 Å². The van der Waals surface area contributed by atoms with Crippen LogP contribution in [0.3, 0.4) is 0 Å². The summed E-state index contributed by atoms with van der Waals surface area (Å²) in [5.41, 5.74) is 1.94. The van der Waals surface area contributed by atoms with Crippen LogP contribution in [0.2, 0.25) is 0 Å². The molecular weight excluding hydrogens is 298 g/mol. The minimum atomic E-state index is 0.849. The quantitative estimate of drug-likeness (QED) is 0.727. The van der Waals surface area contributed by atoms with Crippen molar-refractivity contribution in [2.45, 2.75) is 0 Å². The molecule has 0 bridgehead atoms.